The number of nitrogens with one attached hydrogen (secondary N) is 1. The Morgan fingerprint density at radius 1 is 1.14 bits per heavy atom. The first kappa shape index (κ1) is 22.3. The maximum absolute atomic E-state index is 13.0. The van der Waals surface area contributed by atoms with Gasteiger partial charge in [0, 0.05) is 38.8 Å². The second-order valence-electron chi connectivity index (χ2n) is 8.60. The van der Waals surface area contributed by atoms with Crippen molar-refractivity contribution >= 4 is 5.91 Å². The van der Waals surface area contributed by atoms with E-state index in [1.165, 1.54) is 5.56 Å². The SMILES string of the molecule is CCC(CC)C(CNC(=O)C1CCCN(Cc2ccccc2)C1)N1CCOCC1. The smallest absolute Gasteiger partial charge is 0.224 e. The predicted octanol–water partition coefficient (Wildman–Crippen LogP) is 3.15. The Hall–Kier alpha value is -1.43. The fraction of sp³-hybridized carbons (Fsp3) is 0.708. The van der Waals surface area contributed by atoms with Crippen molar-refractivity contribution in [3.8, 4) is 0 Å². The Bertz CT molecular complexity index is 599. The third kappa shape index (κ3) is 6.53. The van der Waals surface area contributed by atoms with Gasteiger partial charge in [-0.25, -0.2) is 0 Å². The van der Waals surface area contributed by atoms with Crippen LogP contribution in [0.2, 0.25) is 0 Å². The summed E-state index contributed by atoms with van der Waals surface area (Å²) >= 11 is 0. The van der Waals surface area contributed by atoms with Crippen molar-refractivity contribution in [2.45, 2.75) is 52.1 Å². The van der Waals surface area contributed by atoms with E-state index in [-0.39, 0.29) is 11.8 Å². The highest BCUT2D eigenvalue weighted by Crippen LogP contribution is 2.21. The highest BCUT2D eigenvalue weighted by Gasteiger charge is 2.30. The van der Waals surface area contributed by atoms with Gasteiger partial charge in [-0.05, 0) is 30.9 Å². The van der Waals surface area contributed by atoms with E-state index in [2.05, 4.69) is 59.3 Å². The summed E-state index contributed by atoms with van der Waals surface area (Å²) in [6.45, 7) is 11.8. The molecule has 0 bridgehead atoms. The van der Waals surface area contributed by atoms with Crippen molar-refractivity contribution in [1.82, 2.24) is 15.1 Å². The predicted molar refractivity (Wildman–Crippen MR) is 118 cm³/mol. The zero-order chi connectivity index (χ0) is 20.5. The maximum atomic E-state index is 13.0. The first-order chi connectivity index (χ1) is 14.2. The molecule has 0 spiro atoms. The number of benzene rings is 1. The molecule has 29 heavy (non-hydrogen) atoms. The maximum Gasteiger partial charge on any atom is 0.224 e. The fourth-order valence-electron chi connectivity index (χ4n) is 4.94. The lowest BCUT2D eigenvalue weighted by Crippen LogP contribution is -2.53. The molecule has 2 unspecified atom stereocenters. The van der Waals surface area contributed by atoms with Crippen molar-refractivity contribution in [3.05, 3.63) is 35.9 Å². The van der Waals surface area contributed by atoms with E-state index < -0.39 is 0 Å². The molecule has 3 rings (SSSR count). The molecule has 2 atom stereocenters. The summed E-state index contributed by atoms with van der Waals surface area (Å²) in [5, 5.41) is 3.34. The van der Waals surface area contributed by atoms with Crippen molar-refractivity contribution in [2.75, 3.05) is 45.9 Å². The quantitative estimate of drug-likeness (QED) is 0.690. The summed E-state index contributed by atoms with van der Waals surface area (Å²) in [7, 11) is 0. The molecule has 1 aromatic carbocycles. The molecular weight excluding hydrogens is 362 g/mol. The largest absolute Gasteiger partial charge is 0.379 e. The molecule has 2 aliphatic rings. The van der Waals surface area contributed by atoms with Gasteiger partial charge < -0.3 is 10.1 Å². The van der Waals surface area contributed by atoms with Gasteiger partial charge in [-0.1, -0.05) is 57.0 Å². The van der Waals surface area contributed by atoms with Gasteiger partial charge in [-0.15, -0.1) is 0 Å². The minimum Gasteiger partial charge on any atom is -0.379 e. The Balaban J connectivity index is 1.53. The van der Waals surface area contributed by atoms with Crippen LogP contribution in [0.25, 0.3) is 0 Å². The molecule has 1 aromatic rings. The zero-order valence-corrected chi connectivity index (χ0v) is 18.3. The standard InChI is InChI=1S/C24H39N3O2/c1-3-21(4-2)23(27-13-15-29-16-14-27)17-25-24(28)22-11-8-12-26(19-22)18-20-9-6-5-7-10-20/h5-7,9-10,21-23H,3-4,8,11-19H2,1-2H3,(H,25,28). The molecule has 162 valence electrons. The van der Waals surface area contributed by atoms with Crippen LogP contribution in [-0.4, -0.2) is 67.7 Å². The van der Waals surface area contributed by atoms with Crippen LogP contribution in [0.3, 0.4) is 0 Å². The van der Waals surface area contributed by atoms with E-state index in [0.717, 1.165) is 78.2 Å². The molecular formula is C24H39N3O2. The number of amides is 1. The van der Waals surface area contributed by atoms with E-state index in [9.17, 15) is 4.79 Å². The third-order valence-electron chi connectivity index (χ3n) is 6.72. The topological polar surface area (TPSA) is 44.8 Å². The number of likely N-dealkylation sites (tertiary alicyclic amines) is 1. The van der Waals surface area contributed by atoms with Gasteiger partial charge in [0.1, 0.15) is 0 Å². The summed E-state index contributed by atoms with van der Waals surface area (Å²) in [6.07, 6.45) is 4.42. The van der Waals surface area contributed by atoms with Crippen LogP contribution < -0.4 is 5.32 Å². The lowest BCUT2D eigenvalue weighted by atomic mass is 9.91. The van der Waals surface area contributed by atoms with Crippen LogP contribution >= 0.6 is 0 Å². The monoisotopic (exact) mass is 401 g/mol. The van der Waals surface area contributed by atoms with Gasteiger partial charge in [-0.2, -0.15) is 0 Å². The summed E-state index contributed by atoms with van der Waals surface area (Å²) < 4.78 is 5.54. The number of morpholine rings is 1. The van der Waals surface area contributed by atoms with Gasteiger partial charge in [0.15, 0.2) is 0 Å². The van der Waals surface area contributed by atoms with Crippen LogP contribution in [0.5, 0.6) is 0 Å². The van der Waals surface area contributed by atoms with E-state index in [1.54, 1.807) is 0 Å². The van der Waals surface area contributed by atoms with Crippen LogP contribution in [0, 0.1) is 11.8 Å². The molecule has 5 nitrogen and oxygen atoms in total. The number of ether oxygens (including phenoxy) is 1. The van der Waals surface area contributed by atoms with Crippen LogP contribution in [-0.2, 0) is 16.1 Å². The van der Waals surface area contributed by atoms with Gasteiger partial charge in [0.05, 0.1) is 19.1 Å². The number of hydrogen-bond acceptors (Lipinski definition) is 4. The Morgan fingerprint density at radius 3 is 2.55 bits per heavy atom. The van der Waals surface area contributed by atoms with Crippen molar-refractivity contribution in [2.24, 2.45) is 11.8 Å². The van der Waals surface area contributed by atoms with E-state index in [1.807, 2.05) is 0 Å². The Labute approximate surface area is 176 Å². The van der Waals surface area contributed by atoms with Crippen LogP contribution in [0.4, 0.5) is 0 Å². The van der Waals surface area contributed by atoms with Crippen molar-refractivity contribution in [1.29, 1.82) is 0 Å². The van der Waals surface area contributed by atoms with Crippen molar-refractivity contribution < 1.29 is 9.53 Å². The highest BCUT2D eigenvalue weighted by molar-refractivity contribution is 5.79. The second-order valence-corrected chi connectivity index (χ2v) is 8.60. The van der Waals surface area contributed by atoms with E-state index in [4.69, 9.17) is 4.74 Å². The first-order valence-electron chi connectivity index (χ1n) is 11.6. The summed E-state index contributed by atoms with van der Waals surface area (Å²) in [4.78, 5) is 18.0. The van der Waals surface area contributed by atoms with Gasteiger partial charge >= 0.3 is 0 Å². The molecule has 0 aliphatic carbocycles. The Morgan fingerprint density at radius 2 is 1.86 bits per heavy atom. The second kappa shape index (κ2) is 11.7. The van der Waals surface area contributed by atoms with Gasteiger partial charge in [-0.3, -0.25) is 14.6 Å². The molecule has 1 amide bonds. The summed E-state index contributed by atoms with van der Waals surface area (Å²) in [5.74, 6) is 0.973. The van der Waals surface area contributed by atoms with Gasteiger partial charge in [0.25, 0.3) is 0 Å². The van der Waals surface area contributed by atoms with Gasteiger partial charge in [0.2, 0.25) is 5.91 Å². The lowest BCUT2D eigenvalue weighted by molar-refractivity contribution is -0.127. The molecule has 2 heterocycles. The van der Waals surface area contributed by atoms with E-state index >= 15 is 0 Å². The minimum atomic E-state index is 0.111. The average Bonchev–Trinajstić information content (AvgIpc) is 2.78. The fourth-order valence-corrected chi connectivity index (χ4v) is 4.94. The molecule has 2 aliphatic heterocycles. The average molecular weight is 402 g/mol. The third-order valence-corrected chi connectivity index (χ3v) is 6.72. The number of hydrogen-bond donors (Lipinski definition) is 1. The summed E-state index contributed by atoms with van der Waals surface area (Å²) in [5.41, 5.74) is 1.33. The molecule has 5 heteroatoms. The molecule has 0 saturated carbocycles. The Kier molecular flexibility index (Phi) is 8.96. The number of nitrogens with zero attached hydrogens (tertiary/aromatic N) is 2. The molecule has 0 radical (unpaired) electrons. The molecule has 2 saturated heterocycles. The number of rotatable bonds is 9. The number of carbonyl (C=O) groups excluding carboxylic acids is 1. The van der Waals surface area contributed by atoms with Crippen molar-refractivity contribution in [3.63, 3.8) is 0 Å². The van der Waals surface area contributed by atoms with E-state index in [0.29, 0.717) is 12.0 Å². The lowest BCUT2D eigenvalue weighted by Gasteiger charge is -2.39. The normalized spacial score (nSPS) is 22.5. The highest BCUT2D eigenvalue weighted by atomic mass is 16.5. The van der Waals surface area contributed by atoms with Crippen LogP contribution in [0.15, 0.2) is 30.3 Å². The zero-order valence-electron chi connectivity index (χ0n) is 18.3. The summed E-state index contributed by atoms with van der Waals surface area (Å²) in [6, 6.07) is 11.0. The first-order valence-corrected chi connectivity index (χ1v) is 11.6. The molecule has 0 aromatic heterocycles. The minimum absolute atomic E-state index is 0.111. The number of carbonyl (C=O) groups is 1. The molecule has 1 N–H and O–H groups in total. The molecule has 2 fully saturated rings. The van der Waals surface area contributed by atoms with Crippen LogP contribution in [0.1, 0.15) is 45.1 Å². The number of piperidine rings is 1.